The van der Waals surface area contributed by atoms with E-state index in [1.54, 1.807) is 35.9 Å². The average molecular weight is 455 g/mol. The minimum Gasteiger partial charge on any atom is -0.383 e. The molecule has 0 radical (unpaired) electrons. The topological polar surface area (TPSA) is 88.2 Å². The second-order valence-corrected chi connectivity index (χ2v) is 8.05. The molecule has 2 aromatic carbocycles. The number of halogens is 1. The van der Waals surface area contributed by atoms with Crippen LogP contribution in [-0.2, 0) is 9.53 Å². The lowest BCUT2D eigenvalue weighted by Gasteiger charge is -2.23. The molecule has 1 heterocycles. The lowest BCUT2D eigenvalue weighted by Crippen LogP contribution is -2.34. The van der Waals surface area contributed by atoms with Crippen LogP contribution in [0.25, 0.3) is 10.9 Å². The number of rotatable bonds is 9. The van der Waals surface area contributed by atoms with Crippen LogP contribution in [0.15, 0.2) is 58.5 Å². The molecule has 1 amide bonds. The zero-order valence-electron chi connectivity index (χ0n) is 17.8. The molecule has 32 heavy (non-hydrogen) atoms. The third kappa shape index (κ3) is 5.33. The number of carbonyl (C=O) groups excluding carboxylic acids is 1. The van der Waals surface area contributed by atoms with Crippen LogP contribution in [0.2, 0.25) is 0 Å². The van der Waals surface area contributed by atoms with E-state index < -0.39 is 5.82 Å². The number of fused-ring (bicyclic) bond motifs is 1. The van der Waals surface area contributed by atoms with Crippen molar-refractivity contribution in [3.63, 3.8) is 0 Å². The number of anilines is 1. The summed E-state index contributed by atoms with van der Waals surface area (Å²) in [5, 5.41) is 9.86. The fourth-order valence-corrected chi connectivity index (χ4v) is 4.29. The Morgan fingerprint density at radius 3 is 2.69 bits per heavy atom. The van der Waals surface area contributed by atoms with Gasteiger partial charge in [0.05, 0.1) is 41.8 Å². The van der Waals surface area contributed by atoms with Gasteiger partial charge in [-0.25, -0.2) is 9.37 Å². The first kappa shape index (κ1) is 23.4. The van der Waals surface area contributed by atoms with Crippen LogP contribution in [0.4, 0.5) is 10.1 Å². The Morgan fingerprint density at radius 1 is 1.28 bits per heavy atom. The van der Waals surface area contributed by atoms with Crippen molar-refractivity contribution < 1.29 is 13.9 Å². The summed E-state index contributed by atoms with van der Waals surface area (Å²) in [5.41, 5.74) is 0.854. The van der Waals surface area contributed by atoms with Crippen LogP contribution in [-0.4, -0.2) is 41.5 Å². The van der Waals surface area contributed by atoms with Crippen LogP contribution in [0.5, 0.6) is 0 Å². The summed E-state index contributed by atoms with van der Waals surface area (Å²) in [7, 11) is 1.56. The fraction of sp³-hybridized carbons (Fsp3) is 0.304. The summed E-state index contributed by atoms with van der Waals surface area (Å²) in [6.07, 6.45) is 0.136. The quantitative estimate of drug-likeness (QED) is 0.361. The highest BCUT2D eigenvalue weighted by Gasteiger charge is 2.20. The zero-order chi connectivity index (χ0) is 23.1. The molecule has 0 spiro atoms. The average Bonchev–Trinajstić information content (AvgIpc) is 2.79. The molecule has 3 rings (SSSR count). The number of benzene rings is 2. The van der Waals surface area contributed by atoms with E-state index in [1.165, 1.54) is 29.2 Å². The summed E-state index contributed by atoms with van der Waals surface area (Å²) in [6.45, 7) is 2.34. The SMILES string of the molecule is COC[C@@H](C)n1c(SCC(=O)N(CCC#N)c2ccc(F)cc2)nc2ccccc2c1=O. The van der Waals surface area contributed by atoms with Gasteiger partial charge < -0.3 is 9.64 Å². The van der Waals surface area contributed by atoms with E-state index in [4.69, 9.17) is 10.00 Å². The predicted molar refractivity (Wildman–Crippen MR) is 122 cm³/mol. The van der Waals surface area contributed by atoms with Crippen LogP contribution in [0, 0.1) is 17.1 Å². The minimum atomic E-state index is -0.410. The van der Waals surface area contributed by atoms with Crippen molar-refractivity contribution in [1.82, 2.24) is 9.55 Å². The normalized spacial score (nSPS) is 11.8. The summed E-state index contributed by atoms with van der Waals surface area (Å²) < 4.78 is 20.1. The first-order chi connectivity index (χ1) is 15.5. The van der Waals surface area contributed by atoms with Crippen molar-refractivity contribution in [2.75, 3.05) is 30.9 Å². The number of methoxy groups -OCH3 is 1. The Kier molecular flexibility index (Phi) is 7.98. The van der Waals surface area contributed by atoms with Gasteiger partial charge in [-0.05, 0) is 43.3 Å². The second-order valence-electron chi connectivity index (χ2n) is 7.11. The number of hydrogen-bond acceptors (Lipinski definition) is 6. The van der Waals surface area contributed by atoms with Gasteiger partial charge in [-0.1, -0.05) is 23.9 Å². The molecule has 0 bridgehead atoms. The molecular formula is C23H23FN4O3S. The molecule has 3 aromatic rings. The molecule has 0 N–H and O–H groups in total. The van der Waals surface area contributed by atoms with Crippen molar-refractivity contribution in [1.29, 1.82) is 5.26 Å². The monoisotopic (exact) mass is 454 g/mol. The van der Waals surface area contributed by atoms with E-state index in [0.717, 1.165) is 11.8 Å². The van der Waals surface area contributed by atoms with E-state index in [-0.39, 0.29) is 36.2 Å². The Hall–Kier alpha value is -3.22. The highest BCUT2D eigenvalue weighted by molar-refractivity contribution is 7.99. The van der Waals surface area contributed by atoms with Crippen LogP contribution >= 0.6 is 11.8 Å². The first-order valence-electron chi connectivity index (χ1n) is 10.0. The smallest absolute Gasteiger partial charge is 0.262 e. The summed E-state index contributed by atoms with van der Waals surface area (Å²) >= 11 is 1.15. The molecule has 1 atom stereocenters. The Bertz CT molecular complexity index is 1190. The maximum Gasteiger partial charge on any atom is 0.262 e. The van der Waals surface area contributed by atoms with E-state index in [0.29, 0.717) is 28.4 Å². The number of amides is 1. The van der Waals surface area contributed by atoms with Crippen molar-refractivity contribution >= 4 is 34.3 Å². The number of para-hydroxylation sites is 1. The summed E-state index contributed by atoms with van der Waals surface area (Å²) in [5.74, 6) is -0.690. The Morgan fingerprint density at radius 2 is 2.00 bits per heavy atom. The van der Waals surface area contributed by atoms with Gasteiger partial charge in [-0.3, -0.25) is 14.2 Å². The lowest BCUT2D eigenvalue weighted by molar-refractivity contribution is -0.116. The molecule has 0 saturated heterocycles. The Labute approximate surface area is 189 Å². The second kappa shape index (κ2) is 10.9. The predicted octanol–water partition coefficient (Wildman–Crippen LogP) is 3.78. The van der Waals surface area contributed by atoms with Crippen LogP contribution < -0.4 is 10.5 Å². The standard InChI is InChI=1S/C23H23FN4O3S/c1-16(14-31-2)28-22(30)19-6-3-4-7-20(19)26-23(28)32-15-21(29)27(13-5-12-25)18-10-8-17(24)9-11-18/h3-4,6-11,16H,5,13-15H2,1-2H3/t16-/m1/s1. The molecule has 7 nitrogen and oxygen atoms in total. The van der Waals surface area contributed by atoms with Crippen molar-refractivity contribution in [3.05, 3.63) is 64.7 Å². The summed E-state index contributed by atoms with van der Waals surface area (Å²) in [4.78, 5) is 32.2. The van der Waals surface area contributed by atoms with Gasteiger partial charge in [0.15, 0.2) is 5.16 Å². The number of carbonyl (C=O) groups is 1. The first-order valence-corrected chi connectivity index (χ1v) is 11.0. The number of thioether (sulfide) groups is 1. The third-order valence-electron chi connectivity index (χ3n) is 4.84. The van der Waals surface area contributed by atoms with Gasteiger partial charge in [0.1, 0.15) is 5.82 Å². The van der Waals surface area contributed by atoms with E-state index >= 15 is 0 Å². The van der Waals surface area contributed by atoms with E-state index in [1.807, 2.05) is 13.0 Å². The fourth-order valence-electron chi connectivity index (χ4n) is 3.32. The van der Waals surface area contributed by atoms with Gasteiger partial charge in [0.2, 0.25) is 5.91 Å². The molecule has 166 valence electrons. The number of hydrogen-bond donors (Lipinski definition) is 0. The van der Waals surface area contributed by atoms with E-state index in [2.05, 4.69) is 4.98 Å². The van der Waals surface area contributed by atoms with Gasteiger partial charge in [-0.15, -0.1) is 0 Å². The summed E-state index contributed by atoms with van der Waals surface area (Å²) in [6, 6.07) is 14.3. The van der Waals surface area contributed by atoms with Crippen molar-refractivity contribution in [3.8, 4) is 6.07 Å². The van der Waals surface area contributed by atoms with Crippen LogP contribution in [0.1, 0.15) is 19.4 Å². The number of nitrogens with zero attached hydrogens (tertiary/aromatic N) is 4. The van der Waals surface area contributed by atoms with Gasteiger partial charge in [0.25, 0.3) is 5.56 Å². The van der Waals surface area contributed by atoms with Gasteiger partial charge in [0, 0.05) is 19.3 Å². The molecule has 0 unspecified atom stereocenters. The molecule has 0 aliphatic rings. The maximum atomic E-state index is 13.3. The van der Waals surface area contributed by atoms with Crippen molar-refractivity contribution in [2.45, 2.75) is 24.5 Å². The molecule has 1 aromatic heterocycles. The molecule has 0 aliphatic heterocycles. The van der Waals surface area contributed by atoms with Crippen LogP contribution in [0.3, 0.4) is 0 Å². The van der Waals surface area contributed by atoms with Gasteiger partial charge in [-0.2, -0.15) is 5.26 Å². The van der Waals surface area contributed by atoms with E-state index in [9.17, 15) is 14.0 Å². The van der Waals surface area contributed by atoms with Gasteiger partial charge >= 0.3 is 0 Å². The highest BCUT2D eigenvalue weighted by Crippen LogP contribution is 2.23. The number of ether oxygens (including phenoxy) is 1. The largest absolute Gasteiger partial charge is 0.383 e. The minimum absolute atomic E-state index is 0.00666. The highest BCUT2D eigenvalue weighted by atomic mass is 32.2. The molecule has 0 saturated carbocycles. The number of aromatic nitrogens is 2. The third-order valence-corrected chi connectivity index (χ3v) is 5.77. The molecule has 0 fully saturated rings. The Balaban J connectivity index is 1.91. The lowest BCUT2D eigenvalue weighted by atomic mass is 10.2. The van der Waals surface area contributed by atoms with Crippen molar-refractivity contribution in [2.24, 2.45) is 0 Å². The molecule has 9 heteroatoms. The zero-order valence-corrected chi connectivity index (χ0v) is 18.6. The number of nitriles is 1. The molecule has 0 aliphatic carbocycles. The maximum absolute atomic E-state index is 13.3. The molecular weight excluding hydrogens is 431 g/mol.